The minimum absolute atomic E-state index is 0.170. The van der Waals surface area contributed by atoms with Crippen molar-refractivity contribution in [1.29, 1.82) is 0 Å². The Morgan fingerprint density at radius 2 is 0.700 bits per heavy atom. The minimum atomic E-state index is 0.170. The van der Waals surface area contributed by atoms with E-state index in [-0.39, 0.29) is 17.2 Å². The lowest BCUT2D eigenvalue weighted by Gasteiger charge is -2.24. The molecule has 0 radical (unpaired) electrons. The number of benzene rings is 4. The Bertz CT molecular complexity index is 1260. The maximum atomic E-state index is 10.7. The van der Waals surface area contributed by atoms with E-state index >= 15 is 0 Å². The van der Waals surface area contributed by atoms with E-state index in [0.717, 1.165) is 38.9 Å². The van der Waals surface area contributed by atoms with Crippen molar-refractivity contribution in [3.8, 4) is 50.6 Å². The Hall–Kier alpha value is -3.72. The molecular weight excluding hydrogens is 372 g/mol. The lowest BCUT2D eigenvalue weighted by atomic mass is 9.80. The normalized spacial score (nSPS) is 10.9. The Balaban J connectivity index is 2.19. The van der Waals surface area contributed by atoms with Gasteiger partial charge in [-0.05, 0) is 72.4 Å². The van der Waals surface area contributed by atoms with E-state index in [1.165, 1.54) is 0 Å². The molecule has 3 nitrogen and oxygen atoms in total. The van der Waals surface area contributed by atoms with E-state index < -0.39 is 0 Å². The zero-order valence-electron chi connectivity index (χ0n) is 17.3. The van der Waals surface area contributed by atoms with Crippen LogP contribution in [0.1, 0.15) is 16.7 Å². The Morgan fingerprint density at radius 1 is 0.400 bits per heavy atom. The second-order valence-corrected chi connectivity index (χ2v) is 7.55. The summed E-state index contributed by atoms with van der Waals surface area (Å²) in [4.78, 5) is 0. The van der Waals surface area contributed by atoms with Gasteiger partial charge >= 0.3 is 0 Å². The molecule has 0 heterocycles. The van der Waals surface area contributed by atoms with Crippen molar-refractivity contribution in [2.45, 2.75) is 20.8 Å². The summed E-state index contributed by atoms with van der Waals surface area (Å²) in [5, 5.41) is 31.9. The van der Waals surface area contributed by atoms with Crippen LogP contribution in [-0.2, 0) is 0 Å². The van der Waals surface area contributed by atoms with Gasteiger partial charge in [-0.2, -0.15) is 0 Å². The molecular formula is C27H24O3. The van der Waals surface area contributed by atoms with E-state index in [1.807, 2.05) is 57.2 Å². The fraction of sp³-hybridized carbons (Fsp3) is 0.111. The van der Waals surface area contributed by atoms with Gasteiger partial charge in [-0.15, -0.1) is 0 Å². The molecule has 30 heavy (non-hydrogen) atoms. The molecule has 4 aromatic rings. The Labute approximate surface area is 176 Å². The standard InChI is InChI=1S/C27H24O3/c1-16-17(2)26(20-11-5-8-14-23(20)29)27(21-12-6-9-15-24(21)30)18(3)25(16)19-10-4-7-13-22(19)28/h4-15,28-30H,1-3H3. The first kappa shape index (κ1) is 19.6. The largest absolute Gasteiger partial charge is 0.507 e. The van der Waals surface area contributed by atoms with Crippen LogP contribution in [0, 0.1) is 20.8 Å². The molecule has 0 spiro atoms. The number of aromatic hydroxyl groups is 3. The maximum Gasteiger partial charge on any atom is 0.123 e. The molecule has 0 fully saturated rings. The van der Waals surface area contributed by atoms with E-state index in [1.54, 1.807) is 36.4 Å². The summed E-state index contributed by atoms with van der Waals surface area (Å²) >= 11 is 0. The fourth-order valence-electron chi connectivity index (χ4n) is 4.29. The molecule has 4 rings (SSSR count). The van der Waals surface area contributed by atoms with Gasteiger partial charge < -0.3 is 15.3 Å². The molecule has 0 aliphatic rings. The molecule has 0 atom stereocenters. The van der Waals surface area contributed by atoms with Crippen molar-refractivity contribution < 1.29 is 15.3 Å². The van der Waals surface area contributed by atoms with Crippen molar-refractivity contribution in [1.82, 2.24) is 0 Å². The van der Waals surface area contributed by atoms with Crippen LogP contribution in [0.5, 0.6) is 17.2 Å². The smallest absolute Gasteiger partial charge is 0.123 e. The molecule has 0 unspecified atom stereocenters. The molecule has 0 saturated heterocycles. The van der Waals surface area contributed by atoms with Gasteiger partial charge in [0.25, 0.3) is 0 Å². The average Bonchev–Trinajstić information content (AvgIpc) is 2.73. The van der Waals surface area contributed by atoms with Gasteiger partial charge in [0.15, 0.2) is 0 Å². The molecule has 0 aliphatic heterocycles. The van der Waals surface area contributed by atoms with Gasteiger partial charge in [0.2, 0.25) is 0 Å². The molecule has 0 aromatic heterocycles. The Morgan fingerprint density at radius 3 is 1.10 bits per heavy atom. The van der Waals surface area contributed by atoms with Crippen LogP contribution in [0.25, 0.3) is 33.4 Å². The van der Waals surface area contributed by atoms with Crippen LogP contribution in [0.2, 0.25) is 0 Å². The number of hydrogen-bond donors (Lipinski definition) is 3. The lowest BCUT2D eigenvalue weighted by molar-refractivity contribution is 0.476. The van der Waals surface area contributed by atoms with E-state index in [4.69, 9.17) is 0 Å². The fourth-order valence-corrected chi connectivity index (χ4v) is 4.29. The van der Waals surface area contributed by atoms with Crippen molar-refractivity contribution in [3.05, 3.63) is 89.5 Å². The van der Waals surface area contributed by atoms with Gasteiger partial charge in [0, 0.05) is 16.7 Å². The van der Waals surface area contributed by atoms with Crippen molar-refractivity contribution in [2.75, 3.05) is 0 Å². The summed E-state index contributed by atoms with van der Waals surface area (Å²) in [6, 6.07) is 21.8. The third-order valence-corrected chi connectivity index (χ3v) is 5.83. The Kier molecular flexibility index (Phi) is 4.96. The highest BCUT2D eigenvalue weighted by Gasteiger charge is 2.24. The summed E-state index contributed by atoms with van der Waals surface area (Å²) in [5.41, 5.74) is 7.74. The van der Waals surface area contributed by atoms with E-state index in [0.29, 0.717) is 11.1 Å². The first-order valence-electron chi connectivity index (χ1n) is 9.90. The average molecular weight is 396 g/mol. The summed E-state index contributed by atoms with van der Waals surface area (Å²) < 4.78 is 0. The summed E-state index contributed by atoms with van der Waals surface area (Å²) in [6.45, 7) is 6.05. The molecule has 0 aliphatic carbocycles. The van der Waals surface area contributed by atoms with Gasteiger partial charge in [-0.1, -0.05) is 54.6 Å². The van der Waals surface area contributed by atoms with Crippen LogP contribution < -0.4 is 0 Å². The molecule has 4 aromatic carbocycles. The van der Waals surface area contributed by atoms with Gasteiger partial charge in [-0.25, -0.2) is 0 Å². The molecule has 0 saturated carbocycles. The molecule has 3 heteroatoms. The molecule has 0 bridgehead atoms. The third kappa shape index (κ3) is 3.09. The van der Waals surface area contributed by atoms with Gasteiger partial charge in [0.1, 0.15) is 17.2 Å². The first-order valence-corrected chi connectivity index (χ1v) is 9.90. The van der Waals surface area contributed by atoms with Crippen LogP contribution in [0.4, 0.5) is 0 Å². The van der Waals surface area contributed by atoms with Crippen LogP contribution >= 0.6 is 0 Å². The third-order valence-electron chi connectivity index (χ3n) is 5.83. The maximum absolute atomic E-state index is 10.7. The molecule has 0 amide bonds. The predicted molar refractivity (Wildman–Crippen MR) is 122 cm³/mol. The van der Waals surface area contributed by atoms with E-state index in [9.17, 15) is 15.3 Å². The molecule has 3 N–H and O–H groups in total. The number of phenols is 3. The highest BCUT2D eigenvalue weighted by atomic mass is 16.3. The van der Waals surface area contributed by atoms with Crippen LogP contribution in [0.15, 0.2) is 72.8 Å². The number of phenolic OH excluding ortho intramolecular Hbond substituents is 3. The predicted octanol–water partition coefficient (Wildman–Crippen LogP) is 6.73. The zero-order valence-corrected chi connectivity index (χ0v) is 17.3. The monoisotopic (exact) mass is 396 g/mol. The zero-order chi connectivity index (χ0) is 21.4. The number of hydrogen-bond acceptors (Lipinski definition) is 3. The van der Waals surface area contributed by atoms with Crippen LogP contribution in [-0.4, -0.2) is 15.3 Å². The lowest BCUT2D eigenvalue weighted by Crippen LogP contribution is -2.01. The van der Waals surface area contributed by atoms with Crippen LogP contribution in [0.3, 0.4) is 0 Å². The topological polar surface area (TPSA) is 60.7 Å². The van der Waals surface area contributed by atoms with Gasteiger partial charge in [-0.3, -0.25) is 0 Å². The second-order valence-electron chi connectivity index (χ2n) is 7.55. The summed E-state index contributed by atoms with van der Waals surface area (Å²) in [6.07, 6.45) is 0. The number of rotatable bonds is 3. The second kappa shape index (κ2) is 7.60. The quantitative estimate of drug-likeness (QED) is 0.360. The van der Waals surface area contributed by atoms with E-state index in [2.05, 4.69) is 0 Å². The van der Waals surface area contributed by atoms with Crippen molar-refractivity contribution >= 4 is 0 Å². The van der Waals surface area contributed by atoms with Crippen molar-refractivity contribution in [2.24, 2.45) is 0 Å². The molecule has 150 valence electrons. The highest BCUT2D eigenvalue weighted by molar-refractivity contribution is 5.97. The SMILES string of the molecule is Cc1c(C)c(-c2ccccc2O)c(-c2ccccc2O)c(C)c1-c1ccccc1O. The highest BCUT2D eigenvalue weighted by Crippen LogP contribution is 2.49. The first-order chi connectivity index (χ1) is 14.4. The van der Waals surface area contributed by atoms with Crippen molar-refractivity contribution in [3.63, 3.8) is 0 Å². The summed E-state index contributed by atoms with van der Waals surface area (Å²) in [5.74, 6) is 0.566. The summed E-state index contributed by atoms with van der Waals surface area (Å²) in [7, 11) is 0. The van der Waals surface area contributed by atoms with Gasteiger partial charge in [0.05, 0.1) is 0 Å². The number of para-hydroxylation sites is 3. The minimum Gasteiger partial charge on any atom is -0.507 e.